The Labute approximate surface area is 279 Å². The van der Waals surface area contributed by atoms with Crippen LogP contribution < -0.4 is 20.5 Å². The number of unbranched alkanes of at least 4 members (excludes halogenated alkanes) is 1. The molecule has 1 saturated heterocycles. The highest BCUT2D eigenvalue weighted by atomic mass is 32.3. The summed E-state index contributed by atoms with van der Waals surface area (Å²) in [5.74, 6) is -2.87. The van der Waals surface area contributed by atoms with Crippen LogP contribution in [-0.4, -0.2) is 80.1 Å². The number of aryl methyl sites for hydroxylation is 3. The first kappa shape index (κ1) is 34.7. The molecule has 0 radical (unpaired) electrons. The Morgan fingerprint density at radius 3 is 2.71 bits per heavy atom. The first-order chi connectivity index (χ1) is 22.6. The highest BCUT2D eigenvalue weighted by Crippen LogP contribution is 2.34. The highest BCUT2D eigenvalue weighted by Gasteiger charge is 2.58. The lowest BCUT2D eigenvalue weighted by molar-refractivity contribution is -0.753. The number of carboxylic acid groups (broad SMARTS) is 1. The number of carbonyl (C=O) groups is 3. The van der Waals surface area contributed by atoms with Crippen LogP contribution in [0.4, 0.5) is 5.13 Å². The smallest absolute Gasteiger partial charge is 0.418 e. The molecule has 2 aliphatic rings. The van der Waals surface area contributed by atoms with E-state index in [9.17, 15) is 27.9 Å². The van der Waals surface area contributed by atoms with Crippen molar-refractivity contribution in [1.29, 1.82) is 0 Å². The lowest BCUT2D eigenvalue weighted by Gasteiger charge is -2.50. The van der Waals surface area contributed by atoms with Crippen molar-refractivity contribution in [3.8, 4) is 16.9 Å². The number of amides is 2. The molecule has 3 aromatic rings. The van der Waals surface area contributed by atoms with E-state index in [0.29, 0.717) is 17.2 Å². The zero-order valence-corrected chi connectivity index (χ0v) is 28.2. The summed E-state index contributed by atoms with van der Waals surface area (Å²) in [6, 6.07) is 4.38. The molecule has 17 nitrogen and oxygen atoms in total. The largest absolute Gasteiger partial charge is 0.485 e. The van der Waals surface area contributed by atoms with Crippen LogP contribution in [0.1, 0.15) is 51.3 Å². The molecule has 258 valence electrons. The van der Waals surface area contributed by atoms with Gasteiger partial charge >= 0.3 is 16.4 Å². The molecular formula is C29H36N7O10S2+. The van der Waals surface area contributed by atoms with Crippen LogP contribution >= 0.6 is 11.3 Å². The topological polar surface area (TPSA) is 229 Å². The van der Waals surface area contributed by atoms with E-state index in [4.69, 9.17) is 19.9 Å². The van der Waals surface area contributed by atoms with Crippen LogP contribution in [0.25, 0.3) is 11.1 Å². The molecule has 1 aromatic carbocycles. The third-order valence-electron chi connectivity index (χ3n) is 8.07. The Morgan fingerprint density at radius 1 is 1.33 bits per heavy atom. The van der Waals surface area contributed by atoms with Crippen molar-refractivity contribution >= 4 is 50.4 Å². The summed E-state index contributed by atoms with van der Waals surface area (Å²) in [7, 11) is -3.03. The number of aromatic nitrogens is 3. The van der Waals surface area contributed by atoms with Gasteiger partial charge in [0.1, 0.15) is 23.6 Å². The van der Waals surface area contributed by atoms with Crippen molar-refractivity contribution in [1.82, 2.24) is 20.0 Å². The van der Waals surface area contributed by atoms with Crippen LogP contribution in [0.5, 0.6) is 5.75 Å². The van der Waals surface area contributed by atoms with Gasteiger partial charge in [0.05, 0.1) is 23.8 Å². The van der Waals surface area contributed by atoms with Crippen molar-refractivity contribution in [2.75, 3.05) is 5.73 Å². The molecule has 5 rings (SSSR count). The summed E-state index contributed by atoms with van der Waals surface area (Å²) in [4.78, 5) is 47.8. The van der Waals surface area contributed by atoms with E-state index in [-0.39, 0.29) is 17.2 Å². The number of aliphatic carboxylic acids is 1. The average Bonchev–Trinajstić information content (AvgIpc) is 3.63. The number of thiazole rings is 1. The van der Waals surface area contributed by atoms with Gasteiger partial charge in [0.25, 0.3) is 17.9 Å². The van der Waals surface area contributed by atoms with E-state index in [0.717, 1.165) is 47.4 Å². The first-order valence-corrected chi connectivity index (χ1v) is 17.2. The quantitative estimate of drug-likeness (QED) is 0.0647. The lowest BCUT2D eigenvalue weighted by atomic mass is 9.84. The molecule has 0 bridgehead atoms. The molecule has 0 unspecified atom stereocenters. The second kappa shape index (κ2) is 13.5. The van der Waals surface area contributed by atoms with Crippen molar-refractivity contribution in [3.63, 3.8) is 0 Å². The van der Waals surface area contributed by atoms with Crippen LogP contribution in [0, 0.1) is 0 Å². The maximum atomic E-state index is 13.4. The minimum Gasteiger partial charge on any atom is -0.485 e. The van der Waals surface area contributed by atoms with Gasteiger partial charge in [-0.05, 0) is 56.4 Å². The number of ether oxygens (including phenoxy) is 1. The van der Waals surface area contributed by atoms with Gasteiger partial charge in [-0.15, -0.1) is 20.3 Å². The Kier molecular flexibility index (Phi) is 9.77. The second-order valence-electron chi connectivity index (χ2n) is 11.9. The van der Waals surface area contributed by atoms with Gasteiger partial charge in [-0.3, -0.25) is 14.1 Å². The fourth-order valence-corrected chi connectivity index (χ4v) is 6.46. The third kappa shape index (κ3) is 7.28. The van der Waals surface area contributed by atoms with E-state index in [1.54, 1.807) is 6.07 Å². The number of fused-ring (bicyclic) bond motifs is 1. The van der Waals surface area contributed by atoms with Gasteiger partial charge in [-0.25, -0.2) is 9.78 Å². The van der Waals surface area contributed by atoms with E-state index < -0.39 is 57.7 Å². The van der Waals surface area contributed by atoms with E-state index in [2.05, 4.69) is 37.5 Å². The Bertz CT molecular complexity index is 1870. The monoisotopic (exact) mass is 706 g/mol. The Balaban J connectivity index is 1.32. The Morgan fingerprint density at radius 2 is 2.08 bits per heavy atom. The van der Waals surface area contributed by atoms with Gasteiger partial charge < -0.3 is 25.7 Å². The Hall–Kier alpha value is -4.59. The van der Waals surface area contributed by atoms with Crippen LogP contribution in [0.3, 0.4) is 0 Å². The van der Waals surface area contributed by atoms with Gasteiger partial charge in [-0.1, -0.05) is 24.6 Å². The molecule has 1 fully saturated rings. The number of carboxylic acids is 1. The number of anilines is 1. The molecule has 0 saturated carbocycles. The predicted molar refractivity (Wildman–Crippen MR) is 170 cm³/mol. The zero-order chi connectivity index (χ0) is 35.0. The average molecular weight is 707 g/mol. The van der Waals surface area contributed by atoms with Crippen molar-refractivity contribution in [2.24, 2.45) is 12.2 Å². The van der Waals surface area contributed by atoms with E-state index >= 15 is 0 Å². The van der Waals surface area contributed by atoms with Gasteiger partial charge in [-0.2, -0.15) is 18.2 Å². The van der Waals surface area contributed by atoms with Crippen LogP contribution in [0.2, 0.25) is 0 Å². The number of hydroxylamine groups is 2. The number of hydrogen-bond donors (Lipinski definition) is 4. The number of oxime groups is 1. The van der Waals surface area contributed by atoms with Gasteiger partial charge in [0.2, 0.25) is 6.20 Å². The molecular weight excluding hydrogens is 670 g/mol. The molecule has 2 amide bonds. The minimum absolute atomic E-state index is 0.0610. The van der Waals surface area contributed by atoms with Crippen LogP contribution in [-0.2, 0) is 53.9 Å². The summed E-state index contributed by atoms with van der Waals surface area (Å²) in [5, 5.41) is 18.2. The van der Waals surface area contributed by atoms with Crippen molar-refractivity contribution in [3.05, 3.63) is 47.2 Å². The fourth-order valence-electron chi connectivity index (χ4n) is 5.46. The number of nitrogen functional groups attached to an aromatic ring is 1. The first-order valence-electron chi connectivity index (χ1n) is 14.9. The normalized spacial score (nSPS) is 19.6. The third-order valence-corrected chi connectivity index (χ3v) is 9.08. The summed E-state index contributed by atoms with van der Waals surface area (Å²) in [6.07, 6.45) is 4.44. The summed E-state index contributed by atoms with van der Waals surface area (Å²) in [5.41, 5.74) is 6.71. The SMILES string of the molecule is CCCCn1cc(-c2ccc3c(c2)CC[C@H]([C@H](O/N=C(\C(=O)N[C@@H]2C(=O)N(OS(=O)(=O)O)C2(C)C)c2csc(N)n2)C(=O)O)O3)c[n+]1C. The lowest BCUT2D eigenvalue weighted by Crippen LogP contribution is -2.76. The maximum absolute atomic E-state index is 13.4. The molecule has 4 heterocycles. The second-order valence-corrected chi connectivity index (χ2v) is 13.8. The summed E-state index contributed by atoms with van der Waals surface area (Å²) in [6.45, 7) is 5.81. The van der Waals surface area contributed by atoms with Gasteiger partial charge in [0.15, 0.2) is 17.9 Å². The summed E-state index contributed by atoms with van der Waals surface area (Å²) < 4.78 is 45.8. The number of nitrogens with one attached hydrogen (secondary N) is 1. The zero-order valence-electron chi connectivity index (χ0n) is 26.5. The predicted octanol–water partition coefficient (Wildman–Crippen LogP) is 1.23. The molecule has 0 aliphatic carbocycles. The molecule has 19 heteroatoms. The number of carbonyl (C=O) groups excluding carboxylic acids is 2. The van der Waals surface area contributed by atoms with E-state index in [1.807, 2.05) is 30.1 Å². The maximum Gasteiger partial charge on any atom is 0.418 e. The number of nitrogens with zero attached hydrogens (tertiary/aromatic N) is 5. The van der Waals surface area contributed by atoms with Gasteiger partial charge in [0, 0.05) is 5.38 Å². The number of hydrogen-bond acceptors (Lipinski definition) is 12. The highest BCUT2D eigenvalue weighted by molar-refractivity contribution is 7.80. The molecule has 2 aromatic heterocycles. The number of β-lactam (4-membered cyclic amide) rings is 1. The standard InChI is InChI=1S/C29H35N7O10S2/c1-5-6-11-35-14-18(13-34(35)4)16-7-9-20-17(12-16)8-10-21(44-20)23(27(39)40)45-33-22(19-15-47-28(30)31-19)25(37)32-24-26(38)36(29(24,2)3)46-48(41,42)43/h7,9,12-15,21,23-24H,5-6,8,10-11H2,1-4H3,(H4-,30,31,32,37,39,40,41,42,43)/p+1/b33-22-/t21-,23+,24-/m1/s1. The molecule has 2 aliphatic heterocycles. The fraction of sp³-hybridized carbons (Fsp3) is 0.448. The number of nitrogens with two attached hydrogens (primary N) is 1. The molecule has 3 atom stereocenters. The number of benzene rings is 1. The van der Waals surface area contributed by atoms with E-state index in [1.165, 1.54) is 19.2 Å². The molecule has 5 N–H and O–H groups in total. The molecule has 48 heavy (non-hydrogen) atoms. The van der Waals surface area contributed by atoms with Crippen molar-refractivity contribution < 1.29 is 51.0 Å². The number of rotatable bonds is 13. The minimum atomic E-state index is -5.01. The van der Waals surface area contributed by atoms with Crippen molar-refractivity contribution in [2.45, 2.75) is 76.8 Å². The molecule has 0 spiro atoms. The van der Waals surface area contributed by atoms with Crippen LogP contribution in [0.15, 0.2) is 41.1 Å². The summed E-state index contributed by atoms with van der Waals surface area (Å²) >= 11 is 0.979.